The number of amides is 1. The van der Waals surface area contributed by atoms with Crippen LogP contribution in [0.4, 0.5) is 5.69 Å². The Hall–Kier alpha value is -3.70. The molecule has 2 N–H and O–H groups in total. The molecule has 34 heavy (non-hydrogen) atoms. The number of rotatable bonds is 8. The van der Waals surface area contributed by atoms with Crippen molar-refractivity contribution in [2.45, 2.75) is 26.7 Å². The lowest BCUT2D eigenvalue weighted by Gasteiger charge is -2.30. The van der Waals surface area contributed by atoms with E-state index >= 15 is 0 Å². The Morgan fingerprint density at radius 3 is 2.50 bits per heavy atom. The molecule has 1 aliphatic heterocycles. The number of thioether (sulfide) groups is 1. The largest absolute Gasteiger partial charge is 0.494 e. The highest BCUT2D eigenvalue weighted by Crippen LogP contribution is 2.43. The number of esters is 1. The first-order valence-electron chi connectivity index (χ1n) is 10.8. The Morgan fingerprint density at radius 1 is 1.15 bits per heavy atom. The molecule has 0 bridgehead atoms. The van der Waals surface area contributed by atoms with E-state index in [1.165, 1.54) is 18.9 Å². The fourth-order valence-electron chi connectivity index (χ4n) is 3.70. The monoisotopic (exact) mass is 477 g/mol. The molecule has 1 amide bonds. The fraction of sp³-hybridized carbons (Fsp3) is 0.269. The topological polar surface area (TPSA) is 100 Å². The van der Waals surface area contributed by atoms with Gasteiger partial charge in [0.1, 0.15) is 5.75 Å². The fourth-order valence-corrected chi connectivity index (χ4v) is 4.59. The number of anilines is 1. The maximum absolute atomic E-state index is 12.7. The van der Waals surface area contributed by atoms with E-state index in [2.05, 4.69) is 16.7 Å². The van der Waals surface area contributed by atoms with Gasteiger partial charge in [0.25, 0.3) is 0 Å². The molecule has 176 valence electrons. The molecule has 0 spiro atoms. The number of nitrogens with zero attached hydrogens (tertiary/aromatic N) is 1. The number of carbonyl (C=O) groups excluding carboxylic acids is 2. The number of nitriles is 1. The first kappa shape index (κ1) is 24.9. The van der Waals surface area contributed by atoms with Gasteiger partial charge >= 0.3 is 5.97 Å². The summed E-state index contributed by atoms with van der Waals surface area (Å²) in [5, 5.41) is 16.6. The van der Waals surface area contributed by atoms with Crippen molar-refractivity contribution >= 4 is 29.3 Å². The molecular formula is C26H27N3O4S. The number of hydrogen-bond donors (Lipinski definition) is 2. The minimum Gasteiger partial charge on any atom is -0.494 e. The molecule has 7 nitrogen and oxygen atoms in total. The van der Waals surface area contributed by atoms with Crippen LogP contribution in [0.1, 0.15) is 30.9 Å². The summed E-state index contributed by atoms with van der Waals surface area (Å²) in [6.07, 6.45) is 0. The average Bonchev–Trinajstić information content (AvgIpc) is 2.84. The molecule has 1 aliphatic rings. The van der Waals surface area contributed by atoms with Crippen LogP contribution in [0.3, 0.4) is 0 Å². The van der Waals surface area contributed by atoms with Crippen molar-refractivity contribution in [1.29, 1.82) is 5.26 Å². The van der Waals surface area contributed by atoms with Gasteiger partial charge in [-0.1, -0.05) is 47.7 Å². The molecule has 2 aromatic carbocycles. The zero-order valence-electron chi connectivity index (χ0n) is 19.6. The number of ether oxygens (including phenoxy) is 2. The first-order chi connectivity index (χ1) is 16.4. The zero-order valence-corrected chi connectivity index (χ0v) is 20.4. The minimum atomic E-state index is -0.691. The lowest BCUT2D eigenvalue weighted by molar-refractivity contribution is -0.136. The summed E-state index contributed by atoms with van der Waals surface area (Å²) in [4.78, 5) is 25.3. The zero-order chi connectivity index (χ0) is 24.7. The van der Waals surface area contributed by atoms with Crippen molar-refractivity contribution < 1.29 is 19.1 Å². The van der Waals surface area contributed by atoms with Gasteiger partial charge < -0.3 is 20.1 Å². The molecule has 0 aliphatic carbocycles. The predicted octanol–water partition coefficient (Wildman–Crippen LogP) is 4.63. The van der Waals surface area contributed by atoms with E-state index in [4.69, 9.17) is 9.47 Å². The third kappa shape index (κ3) is 5.61. The van der Waals surface area contributed by atoms with E-state index in [1.54, 1.807) is 6.92 Å². The Labute approximate surface area is 203 Å². The van der Waals surface area contributed by atoms with Gasteiger partial charge in [0.2, 0.25) is 5.91 Å². The quantitative estimate of drug-likeness (QED) is 0.535. The number of allylic oxidation sites excluding steroid dienone is 2. The van der Waals surface area contributed by atoms with E-state index < -0.39 is 11.9 Å². The highest BCUT2D eigenvalue weighted by Gasteiger charge is 2.36. The van der Waals surface area contributed by atoms with Crippen molar-refractivity contribution in [3.63, 3.8) is 0 Å². The van der Waals surface area contributed by atoms with Crippen LogP contribution >= 0.6 is 11.8 Å². The van der Waals surface area contributed by atoms with E-state index in [-0.39, 0.29) is 11.7 Å². The molecule has 0 fully saturated rings. The van der Waals surface area contributed by atoms with E-state index in [0.717, 1.165) is 5.56 Å². The van der Waals surface area contributed by atoms with E-state index in [0.29, 0.717) is 45.5 Å². The van der Waals surface area contributed by atoms with Crippen molar-refractivity contribution in [3.8, 4) is 11.8 Å². The number of carbonyl (C=O) groups is 2. The third-order valence-corrected chi connectivity index (χ3v) is 6.28. The Bertz CT molecular complexity index is 1180. The number of aryl methyl sites for hydroxylation is 1. The second-order valence-corrected chi connectivity index (χ2v) is 8.60. The molecule has 0 saturated heterocycles. The van der Waals surface area contributed by atoms with Crippen LogP contribution < -0.4 is 15.4 Å². The Balaban J connectivity index is 1.94. The molecule has 8 heteroatoms. The summed E-state index contributed by atoms with van der Waals surface area (Å²) in [5.41, 5.74) is 3.71. The first-order valence-corrected chi connectivity index (χ1v) is 11.8. The maximum Gasteiger partial charge on any atom is 0.336 e. The molecule has 0 radical (unpaired) electrons. The molecule has 0 saturated carbocycles. The van der Waals surface area contributed by atoms with Crippen molar-refractivity contribution in [2.75, 3.05) is 24.8 Å². The van der Waals surface area contributed by atoms with Gasteiger partial charge in [-0.15, -0.1) is 0 Å². The highest BCUT2D eigenvalue weighted by molar-refractivity contribution is 8.03. The third-order valence-electron chi connectivity index (χ3n) is 5.27. The van der Waals surface area contributed by atoms with Gasteiger partial charge in [0.15, 0.2) is 0 Å². The summed E-state index contributed by atoms with van der Waals surface area (Å²) in [6, 6.07) is 17.1. The van der Waals surface area contributed by atoms with Crippen LogP contribution in [-0.4, -0.2) is 31.3 Å². The molecule has 1 heterocycles. The second-order valence-electron chi connectivity index (χ2n) is 7.62. The molecular weight excluding hydrogens is 450 g/mol. The van der Waals surface area contributed by atoms with Crippen LogP contribution in [0.2, 0.25) is 0 Å². The van der Waals surface area contributed by atoms with Crippen LogP contribution in [0.25, 0.3) is 0 Å². The molecule has 0 aromatic heterocycles. The van der Waals surface area contributed by atoms with Gasteiger partial charge in [-0.2, -0.15) is 5.26 Å². The van der Waals surface area contributed by atoms with Gasteiger partial charge in [0.05, 0.1) is 47.6 Å². The summed E-state index contributed by atoms with van der Waals surface area (Å²) < 4.78 is 10.8. The van der Waals surface area contributed by atoms with Crippen LogP contribution in [0.15, 0.2) is 70.4 Å². The van der Waals surface area contributed by atoms with Crippen molar-refractivity contribution in [1.82, 2.24) is 5.32 Å². The molecule has 2 aromatic rings. The number of hydrogen-bond acceptors (Lipinski definition) is 7. The highest BCUT2D eigenvalue weighted by atomic mass is 32.2. The second kappa shape index (κ2) is 11.4. The van der Waals surface area contributed by atoms with Crippen molar-refractivity contribution in [3.05, 3.63) is 81.5 Å². The molecule has 3 rings (SSSR count). The van der Waals surface area contributed by atoms with Crippen LogP contribution in [0, 0.1) is 18.3 Å². The maximum atomic E-state index is 12.7. The SMILES string of the molecule is CCOc1ccccc1C1C(C#N)=C(SCC(=O)Nc2ccc(C)cc2)NC(C)=C1C(=O)OC. The minimum absolute atomic E-state index is 0.0854. The summed E-state index contributed by atoms with van der Waals surface area (Å²) in [5.74, 6) is -0.756. The molecule has 1 unspecified atom stereocenters. The van der Waals surface area contributed by atoms with Gasteiger partial charge in [-0.25, -0.2) is 4.79 Å². The summed E-state index contributed by atoms with van der Waals surface area (Å²) >= 11 is 1.21. The smallest absolute Gasteiger partial charge is 0.336 e. The Kier molecular flexibility index (Phi) is 8.39. The standard InChI is InChI=1S/C26H27N3O4S/c1-5-33-21-9-7-6-8-19(21)24-20(14-27)25(28-17(3)23(24)26(31)32-4)34-15-22(30)29-18-12-10-16(2)11-13-18/h6-13,24,28H,5,15H2,1-4H3,(H,29,30). The Morgan fingerprint density at radius 2 is 1.85 bits per heavy atom. The number of para-hydroxylation sites is 1. The lowest BCUT2D eigenvalue weighted by Crippen LogP contribution is -2.29. The number of benzene rings is 2. The van der Waals surface area contributed by atoms with Gasteiger partial charge in [-0.05, 0) is 39.0 Å². The van der Waals surface area contributed by atoms with Gasteiger partial charge in [-0.3, -0.25) is 4.79 Å². The lowest BCUT2D eigenvalue weighted by atomic mass is 9.82. The normalized spacial score (nSPS) is 15.3. The number of methoxy groups -OCH3 is 1. The summed E-state index contributed by atoms with van der Waals surface area (Å²) in [6.45, 7) is 6.04. The summed E-state index contributed by atoms with van der Waals surface area (Å²) in [7, 11) is 1.31. The predicted molar refractivity (Wildman–Crippen MR) is 133 cm³/mol. The van der Waals surface area contributed by atoms with Crippen LogP contribution in [-0.2, 0) is 14.3 Å². The number of nitrogens with one attached hydrogen (secondary N) is 2. The van der Waals surface area contributed by atoms with E-state index in [9.17, 15) is 14.9 Å². The van der Waals surface area contributed by atoms with Crippen LogP contribution in [0.5, 0.6) is 5.75 Å². The average molecular weight is 478 g/mol. The van der Waals surface area contributed by atoms with Gasteiger partial charge in [0, 0.05) is 16.9 Å². The molecule has 1 atom stereocenters. The number of dihydropyridines is 1. The van der Waals surface area contributed by atoms with E-state index in [1.807, 2.05) is 62.4 Å². The van der Waals surface area contributed by atoms with Crippen molar-refractivity contribution in [2.24, 2.45) is 0 Å².